The Kier molecular flexibility index (Phi) is 119. The Morgan fingerprint density at radius 1 is 0.331 bits per heavy atom. The zero-order valence-electron chi connectivity index (χ0n) is 79.4. The minimum absolute atomic E-state index is 0. The molecular formula is C106H219F21O12. The summed E-state index contributed by atoms with van der Waals surface area (Å²) in [5.41, 5.74) is -6.48. The number of halogens is 21. The zero-order chi connectivity index (χ0) is 98.3. The molecule has 0 bridgehead atoms. The number of alkyl halides is 16. The highest BCUT2D eigenvalue weighted by atomic mass is 19.4. The monoisotopic (exact) mass is 2080 g/mol. The molecule has 33 heteroatoms. The molecule has 0 N–H and O–H groups in total. The number of hydrogen-bond acceptors (Lipinski definition) is 12. The lowest BCUT2D eigenvalue weighted by Gasteiger charge is -2.45. The van der Waals surface area contributed by atoms with Crippen molar-refractivity contribution in [1.82, 2.24) is 0 Å². The standard InChI is InChI=1S/C17H34O2.C15H30O2.C13H26O2.C12H15F7O2.C10H9F5.C10H17F3O2.C7H13F3O.C6H11F3O.16CH4/c1-6-9-11-13-15(14-12-10-7-2)19-16(18)17(4,5)8-3;1-6-9-11-13(12-10-7-2)17-14(16)15(4,5)8-3;1-6-9-11(10-7-2)15-12(14)13(4,5)8-3;1-4-8(2,3)7(20)21-10(15)6-5-9(13,14)11(16,17)12(10,18)19;1-3-4(2)5-6(11)8(13)10(15)9(14)7(5)12;1-6-8(2,3)7(14)15-9(4,5)10(11,12)13;1-4-5(2)11-6(3)7(8,9)10;1-3-5(2)10-4-6(7,8)9;;;;;;;;;;;;;;;;/h15H,6-14H2,1-5H3;13H,6-12H2,1-5H3;11H,6-10H2,1-5H3;4-6H2,1-3H3;4H,3H2,1-2H3;6H2,1-5H3;5-6H,4H2,1-3H3;5H,3-4H2,1-2H3;16*1H4. The number of rotatable bonds is 41. The molecule has 5 atom stereocenters. The number of carbonyl (C=O) groups excluding carboxylic acids is 5. The van der Waals surface area contributed by atoms with Crippen LogP contribution in [0.3, 0.4) is 0 Å². The van der Waals surface area contributed by atoms with E-state index in [0.29, 0.717) is 25.7 Å². The van der Waals surface area contributed by atoms with Crippen molar-refractivity contribution in [2.24, 2.45) is 27.1 Å². The normalized spacial score (nSPS) is 14.4. The van der Waals surface area contributed by atoms with Gasteiger partial charge in [-0.05, 0) is 213 Å². The van der Waals surface area contributed by atoms with Crippen molar-refractivity contribution in [3.05, 3.63) is 34.6 Å². The molecule has 2 rings (SSSR count). The quantitative estimate of drug-likeness (QED) is 0.0153. The van der Waals surface area contributed by atoms with E-state index >= 15 is 0 Å². The third-order valence-corrected chi connectivity index (χ3v) is 21.5. The van der Waals surface area contributed by atoms with Crippen molar-refractivity contribution in [3.63, 3.8) is 0 Å². The second-order valence-corrected chi connectivity index (χ2v) is 35.0. The van der Waals surface area contributed by atoms with Crippen LogP contribution in [0.15, 0.2) is 0 Å². The van der Waals surface area contributed by atoms with Gasteiger partial charge in [-0.2, -0.15) is 70.2 Å². The van der Waals surface area contributed by atoms with Gasteiger partial charge >= 0.3 is 72.0 Å². The lowest BCUT2D eigenvalue weighted by Crippen LogP contribution is -2.69. The Labute approximate surface area is 840 Å². The zero-order valence-corrected chi connectivity index (χ0v) is 79.4. The summed E-state index contributed by atoms with van der Waals surface area (Å²) in [6.07, 6.45) is 6.13. The van der Waals surface area contributed by atoms with Crippen LogP contribution >= 0.6 is 0 Å². The van der Waals surface area contributed by atoms with Crippen LogP contribution in [0.25, 0.3) is 0 Å². The summed E-state index contributed by atoms with van der Waals surface area (Å²) in [4.78, 5) is 59.0. The fourth-order valence-electron chi connectivity index (χ4n) is 9.25. The van der Waals surface area contributed by atoms with Crippen LogP contribution in [0.2, 0.25) is 0 Å². The molecule has 0 aliphatic heterocycles. The van der Waals surface area contributed by atoms with Gasteiger partial charge in [0, 0.05) is 18.4 Å². The van der Waals surface area contributed by atoms with Gasteiger partial charge in [0.25, 0.3) is 0 Å². The molecule has 12 nitrogen and oxygen atoms in total. The molecule has 0 aromatic heterocycles. The summed E-state index contributed by atoms with van der Waals surface area (Å²) < 4.78 is 299. The number of benzene rings is 1. The van der Waals surface area contributed by atoms with Crippen molar-refractivity contribution in [2.75, 3.05) is 6.61 Å². The van der Waals surface area contributed by atoms with Crippen molar-refractivity contribution in [3.8, 4) is 0 Å². The maximum absolute atomic E-state index is 14.1. The van der Waals surface area contributed by atoms with E-state index in [1.807, 2.05) is 62.3 Å². The third-order valence-electron chi connectivity index (χ3n) is 21.5. The Hall–Kier alpha value is -4.98. The molecule has 1 fully saturated rings. The van der Waals surface area contributed by atoms with Gasteiger partial charge in [-0.1, -0.05) is 287 Å². The second-order valence-electron chi connectivity index (χ2n) is 35.0. The highest BCUT2D eigenvalue weighted by Crippen LogP contribution is 2.60. The van der Waals surface area contributed by atoms with Crippen LogP contribution in [-0.4, -0.2) is 121 Å². The van der Waals surface area contributed by atoms with E-state index in [9.17, 15) is 116 Å². The highest BCUT2D eigenvalue weighted by molar-refractivity contribution is 5.78. The first kappa shape index (κ1) is 189. The molecule has 0 radical (unpaired) electrons. The van der Waals surface area contributed by atoms with Gasteiger partial charge in [0.2, 0.25) is 11.4 Å². The van der Waals surface area contributed by atoms with Gasteiger partial charge in [0.1, 0.15) is 24.9 Å². The van der Waals surface area contributed by atoms with E-state index in [4.69, 9.17) is 14.2 Å². The minimum atomic E-state index is -5.95. The number of unbranched alkanes of at least 4 members (excludes halogenated alkanes) is 6. The number of carbonyl (C=O) groups is 5. The Balaban J connectivity index is -0.0000000558. The largest absolute Gasteiger partial charge is 0.462 e. The number of esters is 5. The van der Waals surface area contributed by atoms with Gasteiger partial charge in [-0.15, -0.1) is 0 Å². The molecule has 1 aromatic rings. The number of hydrogen-bond donors (Lipinski definition) is 0. The maximum Gasteiger partial charge on any atom is 0.427 e. The van der Waals surface area contributed by atoms with E-state index in [2.05, 4.69) is 60.5 Å². The highest BCUT2D eigenvalue weighted by Gasteiger charge is 2.84. The molecule has 5 unspecified atom stereocenters. The summed E-state index contributed by atoms with van der Waals surface area (Å²) in [5, 5.41) is 0. The van der Waals surface area contributed by atoms with Gasteiger partial charge < -0.3 is 33.2 Å². The molecule has 0 heterocycles. The fraction of sp³-hybridized carbons (Fsp3) is 0.896. The van der Waals surface area contributed by atoms with E-state index in [1.54, 1.807) is 55.4 Å². The minimum Gasteiger partial charge on any atom is -0.462 e. The molecule has 1 aliphatic rings. The summed E-state index contributed by atoms with van der Waals surface area (Å²) in [6.45, 7) is 51.0. The first-order valence-corrected chi connectivity index (χ1v) is 43.7. The van der Waals surface area contributed by atoms with Gasteiger partial charge in [-0.3, -0.25) is 24.0 Å². The Morgan fingerprint density at radius 3 is 0.856 bits per heavy atom. The maximum atomic E-state index is 14.1. The number of ether oxygens (including phenoxy) is 7. The van der Waals surface area contributed by atoms with Gasteiger partial charge in [0.15, 0.2) is 29.4 Å². The van der Waals surface area contributed by atoms with E-state index in [1.165, 1.54) is 66.2 Å². The average Bonchev–Trinajstić information content (AvgIpc) is 0.711. The topological polar surface area (TPSA) is 150 Å². The molecular weight excluding hydrogens is 1860 g/mol. The smallest absolute Gasteiger partial charge is 0.427 e. The fourth-order valence-corrected chi connectivity index (χ4v) is 9.25. The van der Waals surface area contributed by atoms with Crippen LogP contribution in [0, 0.1) is 56.2 Å². The Morgan fingerprint density at radius 2 is 0.604 bits per heavy atom. The average molecular weight is 2080 g/mol. The van der Waals surface area contributed by atoms with Crippen molar-refractivity contribution < 1.29 is 149 Å². The van der Waals surface area contributed by atoms with E-state index in [0.717, 1.165) is 117 Å². The van der Waals surface area contributed by atoms with Crippen molar-refractivity contribution >= 4 is 29.8 Å². The molecule has 0 spiro atoms. The molecule has 0 amide bonds. The van der Waals surface area contributed by atoms with E-state index < -0.39 is 137 Å². The summed E-state index contributed by atoms with van der Waals surface area (Å²) in [7, 11) is 0. The third kappa shape index (κ3) is 71.3. The first-order valence-electron chi connectivity index (χ1n) is 43.7. The molecule has 1 aromatic carbocycles. The van der Waals surface area contributed by atoms with Crippen LogP contribution in [0.4, 0.5) is 92.2 Å². The lowest BCUT2D eigenvalue weighted by atomic mass is 9.84. The molecule has 1 saturated carbocycles. The van der Waals surface area contributed by atoms with Crippen LogP contribution in [-0.2, 0) is 57.1 Å². The van der Waals surface area contributed by atoms with Crippen LogP contribution < -0.4 is 0 Å². The lowest BCUT2D eigenvalue weighted by molar-refractivity contribution is -0.409. The summed E-state index contributed by atoms with van der Waals surface area (Å²) in [6, 6.07) is 0. The SMILES string of the molecule is C.C.C.C.C.C.C.C.C.C.C.C.C.C.C.C.CCC(C)(C)C(=O)OC(C)(C)C(F)(F)F.CCC(C)(C)C(=O)OC1(F)CCC(F)(F)C(F)(F)C1(F)F.CCC(C)OC(C)C(F)(F)F.CCC(C)OCC(F)(F)F.CCC(C)c1c(F)c(F)c(F)c(F)c1F.CCCC(CCC)OC(=O)C(C)(C)CC.CCCCC(CCCC)OC(=O)C(C)(C)CC.CCCCCC(CCCCC)OC(=O)C(C)(C)CC. The van der Waals surface area contributed by atoms with Gasteiger partial charge in [0.05, 0.1) is 39.3 Å². The molecule has 0 saturated heterocycles. The van der Waals surface area contributed by atoms with Gasteiger partial charge in [-0.25, -0.2) is 22.0 Å². The molecule has 1 aliphatic carbocycles. The molecule has 139 heavy (non-hydrogen) atoms. The summed E-state index contributed by atoms with van der Waals surface area (Å²) >= 11 is 0. The van der Waals surface area contributed by atoms with Crippen molar-refractivity contribution in [2.45, 2.75) is 597 Å². The Bertz CT molecular complexity index is 3020. The van der Waals surface area contributed by atoms with E-state index in [-0.39, 0.29) is 190 Å². The summed E-state index contributed by atoms with van der Waals surface area (Å²) in [5.74, 6) is -33.8. The van der Waals surface area contributed by atoms with Crippen LogP contribution in [0.5, 0.6) is 0 Å². The molecule has 862 valence electrons. The van der Waals surface area contributed by atoms with Crippen molar-refractivity contribution in [1.29, 1.82) is 0 Å². The first-order chi connectivity index (χ1) is 55.7. The second kappa shape index (κ2) is 87.2. The predicted octanol–water partition coefficient (Wildman–Crippen LogP) is 41.0. The predicted molar refractivity (Wildman–Crippen MR) is 548 cm³/mol. The van der Waals surface area contributed by atoms with Crippen LogP contribution in [0.1, 0.15) is 518 Å².